The molecule has 0 aliphatic heterocycles. The zero-order valence-corrected chi connectivity index (χ0v) is 19.0. The van der Waals surface area contributed by atoms with Crippen molar-refractivity contribution < 1.29 is 18.7 Å². The molecule has 168 valence electrons. The molecule has 0 saturated carbocycles. The first-order chi connectivity index (χ1) is 15.3. The van der Waals surface area contributed by atoms with Crippen molar-refractivity contribution >= 4 is 5.91 Å². The van der Waals surface area contributed by atoms with E-state index in [-0.39, 0.29) is 11.7 Å². The van der Waals surface area contributed by atoms with Crippen LogP contribution >= 0.6 is 0 Å². The maximum Gasteiger partial charge on any atom is 0.261 e. The van der Waals surface area contributed by atoms with E-state index in [1.807, 2.05) is 37.3 Å². The van der Waals surface area contributed by atoms with Crippen molar-refractivity contribution in [1.29, 1.82) is 0 Å². The van der Waals surface area contributed by atoms with Crippen molar-refractivity contribution in [3.63, 3.8) is 0 Å². The molecule has 1 atom stereocenters. The van der Waals surface area contributed by atoms with Gasteiger partial charge in [-0.25, -0.2) is 4.39 Å². The molecule has 3 rings (SSSR count). The van der Waals surface area contributed by atoms with Crippen LogP contribution in [0.5, 0.6) is 11.5 Å². The van der Waals surface area contributed by atoms with E-state index >= 15 is 0 Å². The predicted molar refractivity (Wildman–Crippen MR) is 124 cm³/mol. The lowest BCUT2D eigenvalue weighted by molar-refractivity contribution is -0.127. The Bertz CT molecular complexity index is 1030. The van der Waals surface area contributed by atoms with Crippen molar-refractivity contribution in [2.24, 2.45) is 0 Å². The van der Waals surface area contributed by atoms with Crippen LogP contribution in [0.3, 0.4) is 0 Å². The van der Waals surface area contributed by atoms with Gasteiger partial charge in [-0.3, -0.25) is 4.79 Å². The number of rotatable bonds is 9. The molecule has 3 aromatic rings. The molecule has 0 heterocycles. The van der Waals surface area contributed by atoms with Crippen LogP contribution in [-0.4, -0.2) is 12.0 Å². The van der Waals surface area contributed by atoms with Gasteiger partial charge in [-0.2, -0.15) is 0 Å². The van der Waals surface area contributed by atoms with Crippen LogP contribution in [-0.2, 0) is 17.9 Å². The summed E-state index contributed by atoms with van der Waals surface area (Å²) in [7, 11) is 0. The summed E-state index contributed by atoms with van der Waals surface area (Å²) in [6.07, 6.45) is -0.604. The largest absolute Gasteiger partial charge is 0.489 e. The zero-order valence-electron chi connectivity index (χ0n) is 19.0. The number of nitrogens with one attached hydrogen (secondary N) is 1. The average Bonchev–Trinajstić information content (AvgIpc) is 2.77. The SMILES string of the molecule is Cc1ccc(C(C)C)c(OC(C)C(=O)NCc2ccc(OCc3ccc(F)cc3)cc2)c1. The summed E-state index contributed by atoms with van der Waals surface area (Å²) in [5.41, 5.74) is 4.04. The monoisotopic (exact) mass is 435 g/mol. The van der Waals surface area contributed by atoms with E-state index in [0.29, 0.717) is 24.8 Å². The Kier molecular flexibility index (Phi) is 7.87. The lowest BCUT2D eigenvalue weighted by Gasteiger charge is -2.19. The molecule has 1 N–H and O–H groups in total. The van der Waals surface area contributed by atoms with Crippen LogP contribution in [0, 0.1) is 12.7 Å². The van der Waals surface area contributed by atoms with Gasteiger partial charge in [0, 0.05) is 6.54 Å². The topological polar surface area (TPSA) is 47.6 Å². The molecule has 0 aliphatic rings. The molecule has 1 unspecified atom stereocenters. The molecule has 4 nitrogen and oxygen atoms in total. The molecule has 32 heavy (non-hydrogen) atoms. The van der Waals surface area contributed by atoms with Gasteiger partial charge in [0.1, 0.15) is 23.9 Å². The van der Waals surface area contributed by atoms with Gasteiger partial charge in [-0.15, -0.1) is 0 Å². The predicted octanol–water partition coefficient (Wildman–Crippen LogP) is 5.92. The molecular weight excluding hydrogens is 405 g/mol. The highest BCUT2D eigenvalue weighted by atomic mass is 19.1. The fourth-order valence-electron chi connectivity index (χ4n) is 3.25. The van der Waals surface area contributed by atoms with Crippen LogP contribution in [0.25, 0.3) is 0 Å². The minimum Gasteiger partial charge on any atom is -0.489 e. The highest BCUT2D eigenvalue weighted by molar-refractivity contribution is 5.80. The lowest BCUT2D eigenvalue weighted by atomic mass is 10.0. The Morgan fingerprint density at radius 3 is 2.25 bits per heavy atom. The number of carbonyl (C=O) groups excluding carboxylic acids is 1. The summed E-state index contributed by atoms with van der Waals surface area (Å²) in [5.74, 6) is 1.34. The van der Waals surface area contributed by atoms with Crippen molar-refractivity contribution in [2.45, 2.75) is 52.9 Å². The molecule has 0 spiro atoms. The maximum atomic E-state index is 13.0. The molecule has 0 fully saturated rings. The molecule has 3 aromatic carbocycles. The van der Waals surface area contributed by atoms with Gasteiger partial charge < -0.3 is 14.8 Å². The van der Waals surface area contributed by atoms with E-state index in [1.165, 1.54) is 12.1 Å². The van der Waals surface area contributed by atoms with Crippen molar-refractivity contribution in [1.82, 2.24) is 5.32 Å². The Hall–Kier alpha value is -3.34. The molecule has 0 aliphatic carbocycles. The van der Waals surface area contributed by atoms with Gasteiger partial charge in [-0.05, 0) is 72.4 Å². The van der Waals surface area contributed by atoms with E-state index in [1.54, 1.807) is 19.1 Å². The number of hydrogen-bond acceptors (Lipinski definition) is 3. The summed E-state index contributed by atoms with van der Waals surface area (Å²) in [4.78, 5) is 12.5. The van der Waals surface area contributed by atoms with Crippen molar-refractivity contribution in [2.75, 3.05) is 0 Å². The Morgan fingerprint density at radius 1 is 0.938 bits per heavy atom. The van der Waals surface area contributed by atoms with Gasteiger partial charge >= 0.3 is 0 Å². The third kappa shape index (κ3) is 6.58. The third-order valence-corrected chi connectivity index (χ3v) is 5.17. The lowest BCUT2D eigenvalue weighted by Crippen LogP contribution is -2.36. The highest BCUT2D eigenvalue weighted by Gasteiger charge is 2.17. The first kappa shape index (κ1) is 23.3. The van der Waals surface area contributed by atoms with Crippen LogP contribution in [0.15, 0.2) is 66.7 Å². The summed E-state index contributed by atoms with van der Waals surface area (Å²) in [6, 6.07) is 19.8. The Morgan fingerprint density at radius 2 is 1.59 bits per heavy atom. The smallest absolute Gasteiger partial charge is 0.261 e. The fraction of sp³-hybridized carbons (Fsp3) is 0.296. The van der Waals surface area contributed by atoms with Crippen molar-refractivity contribution in [3.8, 4) is 11.5 Å². The van der Waals surface area contributed by atoms with Crippen LogP contribution < -0.4 is 14.8 Å². The van der Waals surface area contributed by atoms with Gasteiger partial charge in [0.2, 0.25) is 0 Å². The second kappa shape index (κ2) is 10.8. The Labute approximate surface area is 189 Å². The number of amides is 1. The van der Waals surface area contributed by atoms with E-state index in [2.05, 4.69) is 31.3 Å². The molecule has 0 saturated heterocycles. The van der Waals surface area contributed by atoms with E-state index in [0.717, 1.165) is 28.0 Å². The normalized spacial score (nSPS) is 11.8. The van der Waals surface area contributed by atoms with Crippen LogP contribution in [0.1, 0.15) is 48.9 Å². The molecule has 5 heteroatoms. The number of ether oxygens (including phenoxy) is 2. The van der Waals surface area contributed by atoms with Crippen molar-refractivity contribution in [3.05, 3.63) is 94.8 Å². The van der Waals surface area contributed by atoms with Crippen LogP contribution in [0.2, 0.25) is 0 Å². The minimum atomic E-state index is -0.604. The molecule has 0 aromatic heterocycles. The molecule has 0 bridgehead atoms. The van der Waals surface area contributed by atoms with E-state index in [4.69, 9.17) is 9.47 Å². The van der Waals surface area contributed by atoms with Gasteiger partial charge in [0.25, 0.3) is 5.91 Å². The third-order valence-electron chi connectivity index (χ3n) is 5.17. The van der Waals surface area contributed by atoms with E-state index in [9.17, 15) is 9.18 Å². The first-order valence-corrected chi connectivity index (χ1v) is 10.8. The first-order valence-electron chi connectivity index (χ1n) is 10.8. The highest BCUT2D eigenvalue weighted by Crippen LogP contribution is 2.28. The summed E-state index contributed by atoms with van der Waals surface area (Å²) >= 11 is 0. The molecular formula is C27H30FNO3. The quantitative estimate of drug-likeness (QED) is 0.454. The number of hydrogen-bond donors (Lipinski definition) is 1. The second-order valence-corrected chi connectivity index (χ2v) is 8.23. The number of halogens is 1. The molecule has 1 amide bonds. The van der Waals surface area contributed by atoms with Gasteiger partial charge in [0.05, 0.1) is 0 Å². The van der Waals surface area contributed by atoms with Gasteiger partial charge in [-0.1, -0.05) is 50.2 Å². The average molecular weight is 436 g/mol. The second-order valence-electron chi connectivity index (χ2n) is 8.23. The number of benzene rings is 3. The van der Waals surface area contributed by atoms with E-state index < -0.39 is 6.10 Å². The summed E-state index contributed by atoms with van der Waals surface area (Å²) < 4.78 is 24.7. The maximum absolute atomic E-state index is 13.0. The Balaban J connectivity index is 1.50. The fourth-order valence-corrected chi connectivity index (χ4v) is 3.25. The standard InChI is InChI=1S/C27H30FNO3/c1-18(2)25-14-5-19(3)15-26(25)32-20(4)27(30)29-16-21-8-12-24(13-9-21)31-17-22-6-10-23(28)11-7-22/h5-15,18,20H,16-17H2,1-4H3,(H,29,30). The summed E-state index contributed by atoms with van der Waals surface area (Å²) in [5, 5.41) is 2.92. The molecule has 0 radical (unpaired) electrons. The minimum absolute atomic E-state index is 0.169. The van der Waals surface area contributed by atoms with Crippen LogP contribution in [0.4, 0.5) is 4.39 Å². The summed E-state index contributed by atoms with van der Waals surface area (Å²) in [6.45, 7) is 8.74. The zero-order chi connectivity index (χ0) is 23.1. The number of carbonyl (C=O) groups is 1. The van der Waals surface area contributed by atoms with Gasteiger partial charge in [0.15, 0.2) is 6.10 Å². The number of aryl methyl sites for hydroxylation is 1.